The molecule has 5 nitrogen and oxygen atoms in total. The van der Waals surface area contributed by atoms with Crippen LogP contribution in [0.1, 0.15) is 61.7 Å². The first-order valence-electron chi connectivity index (χ1n) is 10.3. The number of aromatic nitrogens is 2. The number of hydrogen-bond acceptors (Lipinski definition) is 4. The summed E-state index contributed by atoms with van der Waals surface area (Å²) >= 11 is 0. The van der Waals surface area contributed by atoms with Crippen molar-refractivity contribution in [3.05, 3.63) is 42.1 Å². The van der Waals surface area contributed by atoms with Crippen LogP contribution >= 0.6 is 0 Å². The van der Waals surface area contributed by atoms with Crippen LogP contribution in [-0.4, -0.2) is 39.9 Å². The van der Waals surface area contributed by atoms with Crippen LogP contribution in [0.4, 0.5) is 5.95 Å². The summed E-state index contributed by atoms with van der Waals surface area (Å²) in [6, 6.07) is 10.2. The number of carbonyl (C=O) groups is 1. The van der Waals surface area contributed by atoms with Crippen molar-refractivity contribution in [3.63, 3.8) is 0 Å². The van der Waals surface area contributed by atoms with Crippen molar-refractivity contribution < 1.29 is 4.79 Å². The van der Waals surface area contributed by atoms with Crippen molar-refractivity contribution in [1.82, 2.24) is 14.9 Å². The van der Waals surface area contributed by atoms with E-state index in [-0.39, 0.29) is 5.91 Å². The molecule has 0 unspecified atom stereocenters. The Kier molecular flexibility index (Phi) is 5.66. The molecule has 2 heterocycles. The van der Waals surface area contributed by atoms with Crippen LogP contribution in [0.2, 0.25) is 0 Å². The molecule has 1 aromatic heterocycles. The summed E-state index contributed by atoms with van der Waals surface area (Å²) in [6.07, 6.45) is 11.5. The standard InChI is InChI=1S/C22H28N4O/c27-21(26-14-5-2-6-15-26)18-9-7-8-17(16-18)20-12-13-23-22(25-20)24-19-10-3-1-4-11-19/h7-9,12-13,16,19H,1-6,10-11,14-15H2,(H,23,24,25). The van der Waals surface area contributed by atoms with Crippen molar-refractivity contribution >= 4 is 11.9 Å². The van der Waals surface area contributed by atoms with Gasteiger partial charge < -0.3 is 10.2 Å². The van der Waals surface area contributed by atoms with Crippen LogP contribution in [0.5, 0.6) is 0 Å². The highest BCUT2D eigenvalue weighted by molar-refractivity contribution is 5.95. The number of rotatable bonds is 4. The molecule has 1 aliphatic carbocycles. The average Bonchev–Trinajstić information content (AvgIpc) is 2.75. The van der Waals surface area contributed by atoms with Crippen LogP contribution in [0, 0.1) is 0 Å². The minimum atomic E-state index is 0.131. The van der Waals surface area contributed by atoms with E-state index in [1.54, 1.807) is 6.20 Å². The molecule has 2 fully saturated rings. The molecule has 0 bridgehead atoms. The number of benzene rings is 1. The molecule has 2 aliphatic rings. The number of piperidine rings is 1. The quantitative estimate of drug-likeness (QED) is 0.867. The molecule has 1 saturated carbocycles. The Bertz CT molecular complexity index is 779. The molecule has 1 saturated heterocycles. The zero-order chi connectivity index (χ0) is 18.5. The molecule has 1 aliphatic heterocycles. The van der Waals surface area contributed by atoms with E-state index in [9.17, 15) is 4.79 Å². The number of likely N-dealkylation sites (tertiary alicyclic amines) is 1. The van der Waals surface area contributed by atoms with Crippen molar-refractivity contribution in [3.8, 4) is 11.3 Å². The summed E-state index contributed by atoms with van der Waals surface area (Å²) in [5.74, 6) is 0.818. The summed E-state index contributed by atoms with van der Waals surface area (Å²) in [6.45, 7) is 1.73. The van der Waals surface area contributed by atoms with E-state index >= 15 is 0 Å². The predicted octanol–water partition coefficient (Wildman–Crippen LogP) is 4.51. The number of amides is 1. The molecule has 4 rings (SSSR count). The Balaban J connectivity index is 1.51. The van der Waals surface area contributed by atoms with Gasteiger partial charge in [0, 0.05) is 36.5 Å². The third-order valence-corrected chi connectivity index (χ3v) is 5.64. The van der Waals surface area contributed by atoms with E-state index in [4.69, 9.17) is 4.98 Å². The second-order valence-corrected chi connectivity index (χ2v) is 7.68. The Morgan fingerprint density at radius 2 is 1.78 bits per heavy atom. The molecule has 1 N–H and O–H groups in total. The van der Waals surface area contributed by atoms with Gasteiger partial charge in [0.15, 0.2) is 0 Å². The lowest BCUT2D eigenvalue weighted by molar-refractivity contribution is 0.0724. The second-order valence-electron chi connectivity index (χ2n) is 7.68. The fourth-order valence-corrected chi connectivity index (χ4v) is 4.11. The molecule has 0 spiro atoms. The fourth-order valence-electron chi connectivity index (χ4n) is 4.11. The molecule has 5 heteroatoms. The maximum Gasteiger partial charge on any atom is 0.253 e. The van der Waals surface area contributed by atoms with Gasteiger partial charge in [0.25, 0.3) is 5.91 Å². The third-order valence-electron chi connectivity index (χ3n) is 5.64. The topological polar surface area (TPSA) is 58.1 Å². The Labute approximate surface area is 161 Å². The maximum absolute atomic E-state index is 12.8. The molecule has 1 amide bonds. The summed E-state index contributed by atoms with van der Waals surface area (Å²) < 4.78 is 0. The normalized spacial score (nSPS) is 18.3. The van der Waals surface area contributed by atoms with E-state index in [2.05, 4.69) is 10.3 Å². The summed E-state index contributed by atoms with van der Waals surface area (Å²) in [7, 11) is 0. The summed E-state index contributed by atoms with van der Waals surface area (Å²) in [5.41, 5.74) is 2.57. The van der Waals surface area contributed by atoms with Crippen LogP contribution in [0.25, 0.3) is 11.3 Å². The van der Waals surface area contributed by atoms with Gasteiger partial charge in [-0.05, 0) is 50.3 Å². The smallest absolute Gasteiger partial charge is 0.253 e. The monoisotopic (exact) mass is 364 g/mol. The first-order chi connectivity index (χ1) is 13.3. The number of hydrogen-bond donors (Lipinski definition) is 1. The van der Waals surface area contributed by atoms with Gasteiger partial charge in [-0.1, -0.05) is 31.4 Å². The molecular formula is C22H28N4O. The first-order valence-corrected chi connectivity index (χ1v) is 10.3. The van der Waals surface area contributed by atoms with Gasteiger partial charge in [0.2, 0.25) is 5.95 Å². The van der Waals surface area contributed by atoms with Crippen LogP contribution in [0.15, 0.2) is 36.5 Å². The number of carbonyl (C=O) groups excluding carboxylic acids is 1. The largest absolute Gasteiger partial charge is 0.351 e. The summed E-state index contributed by atoms with van der Waals surface area (Å²) in [5, 5.41) is 3.48. The predicted molar refractivity (Wildman–Crippen MR) is 108 cm³/mol. The van der Waals surface area contributed by atoms with E-state index in [1.807, 2.05) is 35.2 Å². The van der Waals surface area contributed by atoms with Crippen molar-refractivity contribution in [2.45, 2.75) is 57.4 Å². The van der Waals surface area contributed by atoms with Crippen LogP contribution in [-0.2, 0) is 0 Å². The van der Waals surface area contributed by atoms with Crippen LogP contribution < -0.4 is 5.32 Å². The number of nitrogens with one attached hydrogen (secondary N) is 1. The van der Waals surface area contributed by atoms with E-state index in [0.29, 0.717) is 12.0 Å². The minimum absolute atomic E-state index is 0.131. The number of nitrogens with zero attached hydrogens (tertiary/aromatic N) is 3. The van der Waals surface area contributed by atoms with Crippen LogP contribution in [0.3, 0.4) is 0 Å². The molecular weight excluding hydrogens is 336 g/mol. The second kappa shape index (κ2) is 8.51. The Hall–Kier alpha value is -2.43. The molecule has 1 aromatic carbocycles. The molecule has 27 heavy (non-hydrogen) atoms. The van der Waals surface area contributed by atoms with Gasteiger partial charge in [-0.15, -0.1) is 0 Å². The van der Waals surface area contributed by atoms with Gasteiger partial charge in [0.1, 0.15) is 0 Å². The third kappa shape index (κ3) is 4.46. The highest BCUT2D eigenvalue weighted by Crippen LogP contribution is 2.23. The Morgan fingerprint density at radius 1 is 1.00 bits per heavy atom. The van der Waals surface area contributed by atoms with Gasteiger partial charge in [-0.2, -0.15) is 0 Å². The first kappa shape index (κ1) is 18.0. The molecule has 142 valence electrons. The lowest BCUT2D eigenvalue weighted by Crippen LogP contribution is -2.35. The fraction of sp³-hybridized carbons (Fsp3) is 0.500. The van der Waals surface area contributed by atoms with Gasteiger partial charge in [-0.25, -0.2) is 9.97 Å². The van der Waals surface area contributed by atoms with Gasteiger partial charge >= 0.3 is 0 Å². The van der Waals surface area contributed by atoms with Gasteiger partial charge in [0.05, 0.1) is 5.69 Å². The van der Waals surface area contributed by atoms with E-state index in [0.717, 1.165) is 42.8 Å². The molecule has 0 atom stereocenters. The highest BCUT2D eigenvalue weighted by Gasteiger charge is 2.19. The zero-order valence-electron chi connectivity index (χ0n) is 15.9. The van der Waals surface area contributed by atoms with E-state index < -0.39 is 0 Å². The zero-order valence-corrected chi connectivity index (χ0v) is 15.9. The summed E-state index contributed by atoms with van der Waals surface area (Å²) in [4.78, 5) is 23.9. The van der Waals surface area contributed by atoms with Crippen molar-refractivity contribution in [1.29, 1.82) is 0 Å². The van der Waals surface area contributed by atoms with Gasteiger partial charge in [-0.3, -0.25) is 4.79 Å². The van der Waals surface area contributed by atoms with Crippen molar-refractivity contribution in [2.24, 2.45) is 0 Å². The number of anilines is 1. The lowest BCUT2D eigenvalue weighted by atomic mass is 9.96. The Morgan fingerprint density at radius 3 is 2.59 bits per heavy atom. The average molecular weight is 364 g/mol. The highest BCUT2D eigenvalue weighted by atomic mass is 16.2. The van der Waals surface area contributed by atoms with E-state index in [1.165, 1.54) is 38.5 Å². The minimum Gasteiger partial charge on any atom is -0.351 e. The molecule has 0 radical (unpaired) electrons. The molecule has 2 aromatic rings. The maximum atomic E-state index is 12.8. The SMILES string of the molecule is O=C(c1cccc(-c2ccnc(NC3CCCCC3)n2)c1)N1CCCCC1. The lowest BCUT2D eigenvalue weighted by Gasteiger charge is -2.26. The van der Waals surface area contributed by atoms with Crippen molar-refractivity contribution in [2.75, 3.05) is 18.4 Å².